The molecule has 4 amide bonds. The van der Waals surface area contributed by atoms with Gasteiger partial charge in [0.2, 0.25) is 0 Å². The monoisotopic (exact) mass is 552 g/mol. The number of barbiturate groups is 1. The van der Waals surface area contributed by atoms with Crippen LogP contribution < -0.4 is 19.7 Å². The van der Waals surface area contributed by atoms with E-state index in [-0.39, 0.29) is 11.3 Å². The fourth-order valence-electron chi connectivity index (χ4n) is 3.95. The normalized spacial score (nSPS) is 14.8. The van der Waals surface area contributed by atoms with Gasteiger partial charge in [0.05, 0.1) is 17.3 Å². The maximum Gasteiger partial charge on any atom is 0.336 e. The van der Waals surface area contributed by atoms with Crippen molar-refractivity contribution in [3.05, 3.63) is 92.7 Å². The summed E-state index contributed by atoms with van der Waals surface area (Å²) in [6, 6.07) is 13.7. The molecule has 36 heavy (non-hydrogen) atoms. The molecule has 1 saturated heterocycles. The Hall–Kier alpha value is -3.98. The summed E-state index contributed by atoms with van der Waals surface area (Å²) in [6.45, 7) is 4.33. The molecule has 0 aromatic heterocycles. The zero-order chi connectivity index (χ0) is 26.0. The highest BCUT2D eigenvalue weighted by atomic mass is 79.9. The Labute approximate surface area is 215 Å². The van der Waals surface area contributed by atoms with Crippen molar-refractivity contribution in [1.29, 1.82) is 0 Å². The van der Waals surface area contributed by atoms with E-state index in [1.165, 1.54) is 31.4 Å². The number of urea groups is 1. The third-order valence-corrected chi connectivity index (χ3v) is 6.01. The lowest BCUT2D eigenvalue weighted by Gasteiger charge is -2.26. The number of halogens is 2. The number of nitrogens with one attached hydrogen (secondary N) is 1. The van der Waals surface area contributed by atoms with Crippen LogP contribution in [0.3, 0.4) is 0 Å². The highest BCUT2D eigenvalue weighted by Crippen LogP contribution is 2.38. The number of anilines is 1. The fraction of sp³-hybridized carbons (Fsp3) is 0.148. The molecule has 0 spiro atoms. The second kappa shape index (κ2) is 10.3. The smallest absolute Gasteiger partial charge is 0.336 e. The third-order valence-electron chi connectivity index (χ3n) is 5.42. The van der Waals surface area contributed by atoms with Crippen molar-refractivity contribution in [2.75, 3.05) is 12.0 Å². The van der Waals surface area contributed by atoms with Gasteiger partial charge >= 0.3 is 6.03 Å². The Morgan fingerprint density at radius 2 is 1.72 bits per heavy atom. The van der Waals surface area contributed by atoms with E-state index in [2.05, 4.69) is 27.3 Å². The molecule has 0 bridgehead atoms. The van der Waals surface area contributed by atoms with Gasteiger partial charge in [0.25, 0.3) is 11.8 Å². The molecule has 4 rings (SSSR count). The number of benzene rings is 3. The standard InChI is InChI=1S/C27H22BrFN2O5/c1-15-8-16(2)10-18(9-15)14-36-24-20(28)12-17(13-23(24)35-3)11-19-25(32)30-27(34)31(26(19)33)22-7-5-4-6-21(22)29/h4-13H,14H2,1-3H3,(H,30,32,34)/b19-11-. The molecule has 9 heteroatoms. The van der Waals surface area contributed by atoms with Crippen molar-refractivity contribution >= 4 is 45.5 Å². The average molecular weight is 553 g/mol. The van der Waals surface area contributed by atoms with E-state index in [4.69, 9.17) is 9.47 Å². The number of amides is 4. The SMILES string of the molecule is COc1cc(/C=C2/C(=O)NC(=O)N(c3ccccc3F)C2=O)cc(Br)c1OCc1cc(C)cc(C)c1. The minimum atomic E-state index is -1.03. The molecule has 3 aromatic rings. The van der Waals surface area contributed by atoms with Crippen LogP contribution in [0.2, 0.25) is 0 Å². The minimum absolute atomic E-state index is 0.257. The number of hydrogen-bond acceptors (Lipinski definition) is 5. The maximum atomic E-state index is 14.3. The van der Waals surface area contributed by atoms with E-state index in [9.17, 15) is 18.8 Å². The number of imide groups is 2. The van der Waals surface area contributed by atoms with E-state index >= 15 is 0 Å². The summed E-state index contributed by atoms with van der Waals surface area (Å²) in [7, 11) is 1.47. The number of hydrogen-bond donors (Lipinski definition) is 1. The first-order valence-electron chi connectivity index (χ1n) is 10.9. The summed E-state index contributed by atoms with van der Waals surface area (Å²) in [5.74, 6) is -1.79. The first-order valence-corrected chi connectivity index (χ1v) is 11.7. The molecule has 0 unspecified atom stereocenters. The second-order valence-corrected chi connectivity index (χ2v) is 9.08. The Balaban J connectivity index is 1.65. The van der Waals surface area contributed by atoms with Gasteiger partial charge in [-0.2, -0.15) is 0 Å². The van der Waals surface area contributed by atoms with Gasteiger partial charge in [-0.15, -0.1) is 0 Å². The van der Waals surface area contributed by atoms with Gasteiger partial charge in [-0.05, 0) is 71.2 Å². The highest BCUT2D eigenvalue weighted by Gasteiger charge is 2.38. The number of nitrogens with zero attached hydrogens (tertiary/aromatic N) is 1. The van der Waals surface area contributed by atoms with Crippen LogP contribution in [0.25, 0.3) is 6.08 Å². The molecule has 1 fully saturated rings. The third kappa shape index (κ3) is 5.16. The molecule has 1 N–H and O–H groups in total. The van der Waals surface area contributed by atoms with Gasteiger partial charge in [0.15, 0.2) is 11.5 Å². The molecule has 0 aliphatic carbocycles. The van der Waals surface area contributed by atoms with E-state index in [0.717, 1.165) is 22.8 Å². The van der Waals surface area contributed by atoms with Crippen molar-refractivity contribution < 1.29 is 28.2 Å². The average Bonchev–Trinajstić information content (AvgIpc) is 2.81. The van der Waals surface area contributed by atoms with Crippen molar-refractivity contribution in [3.63, 3.8) is 0 Å². The molecule has 3 aromatic carbocycles. The summed E-state index contributed by atoms with van der Waals surface area (Å²) in [5.41, 5.74) is 3.08. The summed E-state index contributed by atoms with van der Waals surface area (Å²) in [6.07, 6.45) is 1.30. The molecule has 1 aliphatic heterocycles. The lowest BCUT2D eigenvalue weighted by Crippen LogP contribution is -2.54. The molecule has 1 aliphatic rings. The van der Waals surface area contributed by atoms with Gasteiger partial charge < -0.3 is 9.47 Å². The molecular weight excluding hydrogens is 531 g/mol. The predicted octanol–water partition coefficient (Wildman–Crippen LogP) is 5.46. The van der Waals surface area contributed by atoms with Crippen LogP contribution in [0.4, 0.5) is 14.9 Å². The van der Waals surface area contributed by atoms with Crippen LogP contribution in [0, 0.1) is 19.7 Å². The van der Waals surface area contributed by atoms with Crippen molar-refractivity contribution in [1.82, 2.24) is 5.32 Å². The van der Waals surface area contributed by atoms with Crippen molar-refractivity contribution in [3.8, 4) is 11.5 Å². The number of carbonyl (C=O) groups excluding carboxylic acids is 3. The molecule has 0 radical (unpaired) electrons. The van der Waals surface area contributed by atoms with Crippen LogP contribution in [0.1, 0.15) is 22.3 Å². The topological polar surface area (TPSA) is 84.9 Å². The number of carbonyl (C=O) groups is 3. The van der Waals surface area contributed by atoms with Crippen LogP contribution in [0.5, 0.6) is 11.5 Å². The molecule has 184 valence electrons. The van der Waals surface area contributed by atoms with Gasteiger partial charge in [0.1, 0.15) is 18.0 Å². The number of aryl methyl sites for hydroxylation is 2. The Morgan fingerprint density at radius 1 is 1.03 bits per heavy atom. The first kappa shape index (κ1) is 25.1. The van der Waals surface area contributed by atoms with Crippen LogP contribution in [0.15, 0.2) is 64.6 Å². The predicted molar refractivity (Wildman–Crippen MR) is 136 cm³/mol. The van der Waals surface area contributed by atoms with Gasteiger partial charge in [-0.25, -0.2) is 14.1 Å². The molecular formula is C27H22BrFN2O5. The lowest BCUT2D eigenvalue weighted by molar-refractivity contribution is -0.122. The van der Waals surface area contributed by atoms with Crippen molar-refractivity contribution in [2.24, 2.45) is 0 Å². The Morgan fingerprint density at radius 3 is 2.39 bits per heavy atom. The van der Waals surface area contributed by atoms with E-state index < -0.39 is 23.7 Å². The number of rotatable bonds is 6. The Kier molecular flexibility index (Phi) is 7.21. The van der Waals surface area contributed by atoms with E-state index in [1.54, 1.807) is 12.1 Å². The number of para-hydroxylation sites is 1. The largest absolute Gasteiger partial charge is 0.493 e. The second-order valence-electron chi connectivity index (χ2n) is 8.23. The lowest BCUT2D eigenvalue weighted by atomic mass is 10.1. The summed E-state index contributed by atoms with van der Waals surface area (Å²) in [5, 5.41) is 2.08. The zero-order valence-corrected chi connectivity index (χ0v) is 21.3. The van der Waals surface area contributed by atoms with E-state index in [1.807, 2.05) is 26.0 Å². The molecule has 0 atom stereocenters. The van der Waals surface area contributed by atoms with Crippen LogP contribution in [-0.4, -0.2) is 25.0 Å². The van der Waals surface area contributed by atoms with Gasteiger partial charge in [-0.1, -0.05) is 41.5 Å². The van der Waals surface area contributed by atoms with Crippen LogP contribution >= 0.6 is 15.9 Å². The van der Waals surface area contributed by atoms with Crippen molar-refractivity contribution in [2.45, 2.75) is 20.5 Å². The van der Waals surface area contributed by atoms with Gasteiger partial charge in [-0.3, -0.25) is 14.9 Å². The number of ether oxygens (including phenoxy) is 2. The maximum absolute atomic E-state index is 14.3. The summed E-state index contributed by atoms with van der Waals surface area (Å²) < 4.78 is 26.3. The number of methoxy groups -OCH3 is 1. The summed E-state index contributed by atoms with van der Waals surface area (Å²) in [4.78, 5) is 38.5. The summed E-state index contributed by atoms with van der Waals surface area (Å²) >= 11 is 3.47. The molecule has 0 saturated carbocycles. The van der Waals surface area contributed by atoms with E-state index in [0.29, 0.717) is 33.0 Å². The molecule has 7 nitrogen and oxygen atoms in total. The first-order chi connectivity index (χ1) is 17.2. The Bertz CT molecular complexity index is 1400. The molecule has 1 heterocycles. The highest BCUT2D eigenvalue weighted by molar-refractivity contribution is 9.10. The van der Waals surface area contributed by atoms with Crippen LogP contribution in [-0.2, 0) is 16.2 Å². The quantitative estimate of drug-likeness (QED) is 0.324. The zero-order valence-electron chi connectivity index (χ0n) is 19.7. The fourth-order valence-corrected chi connectivity index (χ4v) is 4.52. The minimum Gasteiger partial charge on any atom is -0.493 e. The van der Waals surface area contributed by atoms with Gasteiger partial charge in [0, 0.05) is 0 Å².